The van der Waals surface area contributed by atoms with Crippen molar-refractivity contribution in [2.45, 2.75) is 13.3 Å². The molecule has 0 saturated carbocycles. The Kier molecular flexibility index (Phi) is 4.19. The Hall–Kier alpha value is -1.47. The van der Waals surface area contributed by atoms with Gasteiger partial charge in [0.25, 0.3) is 0 Å². The summed E-state index contributed by atoms with van der Waals surface area (Å²) in [6.07, 6.45) is 2.01. The van der Waals surface area contributed by atoms with Crippen LogP contribution in [0, 0.1) is 11.3 Å². The Labute approximate surface area is 94.3 Å². The number of nitrogens with zero attached hydrogens (tertiary/aromatic N) is 3. The first-order valence-corrected chi connectivity index (χ1v) is 5.09. The lowest BCUT2D eigenvalue weighted by Gasteiger charge is -2.21. The minimum Gasteiger partial charge on any atom is -0.396 e. The highest BCUT2D eigenvalue weighted by Crippen LogP contribution is 2.23. The number of aromatic nitrogens is 1. The quantitative estimate of drug-likeness (QED) is 0.850. The van der Waals surface area contributed by atoms with E-state index in [1.54, 1.807) is 12.3 Å². The van der Waals surface area contributed by atoms with Crippen LogP contribution in [0.1, 0.15) is 13.3 Å². The molecule has 4 nitrogen and oxygen atoms in total. The average Bonchev–Trinajstić information content (AvgIpc) is 2.21. The van der Waals surface area contributed by atoms with E-state index in [2.05, 4.69) is 11.1 Å². The first-order chi connectivity index (χ1) is 7.19. The number of hydrogen-bond acceptors (Lipinski definition) is 4. The van der Waals surface area contributed by atoms with Gasteiger partial charge in [0.2, 0.25) is 0 Å². The molecule has 80 valence electrons. The van der Waals surface area contributed by atoms with Crippen molar-refractivity contribution in [2.75, 3.05) is 23.7 Å². The van der Waals surface area contributed by atoms with Crippen molar-refractivity contribution in [1.29, 1.82) is 5.26 Å². The van der Waals surface area contributed by atoms with Crippen LogP contribution >= 0.6 is 11.6 Å². The predicted molar refractivity (Wildman–Crippen MR) is 61.8 cm³/mol. The van der Waals surface area contributed by atoms with Gasteiger partial charge in [0, 0.05) is 19.3 Å². The van der Waals surface area contributed by atoms with Gasteiger partial charge in [0.1, 0.15) is 0 Å². The molecule has 0 amide bonds. The van der Waals surface area contributed by atoms with Crippen LogP contribution in [0.5, 0.6) is 0 Å². The van der Waals surface area contributed by atoms with Crippen molar-refractivity contribution < 1.29 is 0 Å². The average molecular weight is 225 g/mol. The van der Waals surface area contributed by atoms with Gasteiger partial charge < -0.3 is 10.6 Å². The normalized spacial score (nSPS) is 9.67. The van der Waals surface area contributed by atoms with Crippen LogP contribution in [-0.2, 0) is 0 Å². The summed E-state index contributed by atoms with van der Waals surface area (Å²) in [5.41, 5.74) is 6.34. The Balaban J connectivity index is 2.87. The lowest BCUT2D eigenvalue weighted by atomic mass is 10.3. The zero-order valence-electron chi connectivity index (χ0n) is 8.57. The second-order valence-electron chi connectivity index (χ2n) is 3.05. The van der Waals surface area contributed by atoms with E-state index in [9.17, 15) is 0 Å². The molecule has 0 unspecified atom stereocenters. The van der Waals surface area contributed by atoms with Crippen molar-refractivity contribution >= 4 is 23.1 Å². The highest BCUT2D eigenvalue weighted by atomic mass is 35.5. The fourth-order valence-corrected chi connectivity index (χ4v) is 1.48. The number of halogens is 1. The molecule has 15 heavy (non-hydrogen) atoms. The maximum Gasteiger partial charge on any atom is 0.151 e. The van der Waals surface area contributed by atoms with E-state index in [0.717, 1.165) is 6.54 Å². The monoisotopic (exact) mass is 224 g/mol. The van der Waals surface area contributed by atoms with Gasteiger partial charge in [-0.2, -0.15) is 5.26 Å². The smallest absolute Gasteiger partial charge is 0.151 e. The Morgan fingerprint density at radius 2 is 2.40 bits per heavy atom. The van der Waals surface area contributed by atoms with Crippen LogP contribution in [-0.4, -0.2) is 18.1 Å². The van der Waals surface area contributed by atoms with Crippen LogP contribution < -0.4 is 10.6 Å². The van der Waals surface area contributed by atoms with Crippen molar-refractivity contribution in [1.82, 2.24) is 4.98 Å². The Morgan fingerprint density at radius 1 is 1.67 bits per heavy atom. The molecule has 0 aliphatic carbocycles. The van der Waals surface area contributed by atoms with E-state index in [0.29, 0.717) is 29.5 Å². The maximum absolute atomic E-state index is 8.52. The molecular formula is C10H13ClN4. The minimum atomic E-state index is 0.456. The summed E-state index contributed by atoms with van der Waals surface area (Å²) < 4.78 is 0. The number of nitrogens with two attached hydrogens (primary N) is 1. The standard InChI is InChI=1S/C10H13ClN4/c1-2-15(5-3-4-12)10-9(13)6-8(11)7-14-10/h6-7H,2-3,5,13H2,1H3. The zero-order chi connectivity index (χ0) is 11.3. The molecule has 0 saturated heterocycles. The highest BCUT2D eigenvalue weighted by Gasteiger charge is 2.09. The molecule has 0 aromatic carbocycles. The first-order valence-electron chi connectivity index (χ1n) is 4.72. The van der Waals surface area contributed by atoms with Crippen molar-refractivity contribution in [3.8, 4) is 6.07 Å². The molecule has 1 heterocycles. The summed E-state index contributed by atoms with van der Waals surface area (Å²) in [5, 5.41) is 9.04. The van der Waals surface area contributed by atoms with Gasteiger partial charge in [-0.3, -0.25) is 0 Å². The van der Waals surface area contributed by atoms with Gasteiger partial charge >= 0.3 is 0 Å². The predicted octanol–water partition coefficient (Wildman–Crippen LogP) is 2.06. The zero-order valence-corrected chi connectivity index (χ0v) is 9.33. The molecular weight excluding hydrogens is 212 g/mol. The van der Waals surface area contributed by atoms with Crippen molar-refractivity contribution in [2.24, 2.45) is 0 Å². The van der Waals surface area contributed by atoms with E-state index in [-0.39, 0.29) is 0 Å². The summed E-state index contributed by atoms with van der Waals surface area (Å²) in [6.45, 7) is 3.39. The van der Waals surface area contributed by atoms with Gasteiger partial charge in [-0.15, -0.1) is 0 Å². The van der Waals surface area contributed by atoms with Gasteiger partial charge in [-0.1, -0.05) is 11.6 Å². The molecule has 2 N–H and O–H groups in total. The van der Waals surface area contributed by atoms with Gasteiger partial charge in [0.05, 0.1) is 23.2 Å². The molecule has 1 rings (SSSR count). The fraction of sp³-hybridized carbons (Fsp3) is 0.400. The van der Waals surface area contributed by atoms with Crippen LogP contribution in [0.25, 0.3) is 0 Å². The number of hydrogen-bond donors (Lipinski definition) is 1. The van der Waals surface area contributed by atoms with E-state index in [1.807, 2.05) is 11.8 Å². The van der Waals surface area contributed by atoms with Crippen LogP contribution in [0.15, 0.2) is 12.3 Å². The molecule has 1 aromatic rings. The number of pyridine rings is 1. The molecule has 0 atom stereocenters. The van der Waals surface area contributed by atoms with Crippen LogP contribution in [0.4, 0.5) is 11.5 Å². The third kappa shape index (κ3) is 3.00. The van der Waals surface area contributed by atoms with Gasteiger partial charge in [-0.25, -0.2) is 4.98 Å². The van der Waals surface area contributed by atoms with Crippen molar-refractivity contribution in [3.63, 3.8) is 0 Å². The SMILES string of the molecule is CCN(CCC#N)c1ncc(Cl)cc1N. The van der Waals surface area contributed by atoms with Gasteiger partial charge in [-0.05, 0) is 13.0 Å². The highest BCUT2D eigenvalue weighted by molar-refractivity contribution is 6.30. The largest absolute Gasteiger partial charge is 0.396 e. The van der Waals surface area contributed by atoms with E-state index >= 15 is 0 Å². The number of anilines is 2. The number of nitriles is 1. The summed E-state index contributed by atoms with van der Waals surface area (Å²) in [7, 11) is 0. The number of nitrogen functional groups attached to an aromatic ring is 1. The van der Waals surface area contributed by atoms with Gasteiger partial charge in [0.15, 0.2) is 5.82 Å². The Bertz CT molecular complexity index is 372. The molecule has 0 spiro atoms. The Morgan fingerprint density at radius 3 is 2.93 bits per heavy atom. The molecule has 5 heteroatoms. The summed E-state index contributed by atoms with van der Waals surface area (Å²) in [5.74, 6) is 0.692. The summed E-state index contributed by atoms with van der Waals surface area (Å²) >= 11 is 5.76. The third-order valence-electron chi connectivity index (χ3n) is 2.04. The third-order valence-corrected chi connectivity index (χ3v) is 2.24. The van der Waals surface area contributed by atoms with Crippen molar-refractivity contribution in [3.05, 3.63) is 17.3 Å². The fourth-order valence-electron chi connectivity index (χ4n) is 1.31. The minimum absolute atomic E-state index is 0.456. The number of rotatable bonds is 4. The summed E-state index contributed by atoms with van der Waals surface area (Å²) in [6, 6.07) is 3.76. The lowest BCUT2D eigenvalue weighted by Crippen LogP contribution is -2.25. The second kappa shape index (κ2) is 5.42. The van der Waals surface area contributed by atoms with Crippen LogP contribution in [0.3, 0.4) is 0 Å². The lowest BCUT2D eigenvalue weighted by molar-refractivity contribution is 0.812. The molecule has 0 aliphatic rings. The molecule has 0 fully saturated rings. The van der Waals surface area contributed by atoms with E-state index in [1.165, 1.54) is 0 Å². The molecule has 1 aromatic heterocycles. The first kappa shape index (κ1) is 11.6. The van der Waals surface area contributed by atoms with Crippen LogP contribution in [0.2, 0.25) is 5.02 Å². The second-order valence-corrected chi connectivity index (χ2v) is 3.49. The van der Waals surface area contributed by atoms with E-state index < -0.39 is 0 Å². The molecule has 0 aliphatic heterocycles. The molecule has 0 bridgehead atoms. The van der Waals surface area contributed by atoms with E-state index in [4.69, 9.17) is 22.6 Å². The summed E-state index contributed by atoms with van der Waals surface area (Å²) in [4.78, 5) is 6.11. The maximum atomic E-state index is 8.52. The molecule has 0 radical (unpaired) electrons. The topological polar surface area (TPSA) is 65.9 Å².